The van der Waals surface area contributed by atoms with Crippen LogP contribution in [0.1, 0.15) is 18.5 Å². The van der Waals surface area contributed by atoms with Crippen LogP contribution in [0.4, 0.5) is 0 Å². The van der Waals surface area contributed by atoms with E-state index in [-0.39, 0.29) is 0 Å². The molecular formula is C10H17N3O. The molecular weight excluding hydrogens is 178 g/mol. The van der Waals surface area contributed by atoms with Crippen molar-refractivity contribution in [1.82, 2.24) is 14.9 Å². The molecule has 1 aliphatic carbocycles. The number of ether oxygens (including phenoxy) is 1. The highest BCUT2D eigenvalue weighted by molar-refractivity contribution is 4.97. The van der Waals surface area contributed by atoms with Crippen molar-refractivity contribution in [1.29, 1.82) is 0 Å². The topological polar surface area (TPSA) is 39.1 Å². The third kappa shape index (κ3) is 2.82. The summed E-state index contributed by atoms with van der Waals surface area (Å²) in [4.78, 5) is 4.31. The van der Waals surface area contributed by atoms with Gasteiger partial charge in [0.05, 0.1) is 18.6 Å². The van der Waals surface area contributed by atoms with Crippen LogP contribution >= 0.6 is 0 Å². The van der Waals surface area contributed by atoms with E-state index in [1.54, 1.807) is 7.11 Å². The summed E-state index contributed by atoms with van der Waals surface area (Å²) >= 11 is 0. The first-order valence-electron chi connectivity index (χ1n) is 5.11. The highest BCUT2D eigenvalue weighted by Crippen LogP contribution is 2.18. The van der Waals surface area contributed by atoms with Gasteiger partial charge in [-0.3, -0.25) is 0 Å². The van der Waals surface area contributed by atoms with Crippen molar-refractivity contribution in [3.05, 3.63) is 18.2 Å². The molecule has 4 nitrogen and oxygen atoms in total. The van der Waals surface area contributed by atoms with Crippen LogP contribution in [0, 0.1) is 0 Å². The van der Waals surface area contributed by atoms with Crippen LogP contribution in [0.15, 0.2) is 12.5 Å². The summed E-state index contributed by atoms with van der Waals surface area (Å²) in [5, 5.41) is 3.44. The van der Waals surface area contributed by atoms with Gasteiger partial charge in [-0.15, -0.1) is 0 Å². The molecule has 0 saturated heterocycles. The van der Waals surface area contributed by atoms with E-state index >= 15 is 0 Å². The molecule has 0 atom stereocenters. The van der Waals surface area contributed by atoms with Crippen molar-refractivity contribution in [2.24, 2.45) is 0 Å². The quantitative estimate of drug-likeness (QED) is 0.729. The molecule has 0 spiro atoms. The summed E-state index contributed by atoms with van der Waals surface area (Å²) in [6.07, 6.45) is 6.59. The summed E-state index contributed by atoms with van der Waals surface area (Å²) < 4.78 is 7.06. The Morgan fingerprint density at radius 3 is 3.21 bits per heavy atom. The van der Waals surface area contributed by atoms with Crippen molar-refractivity contribution in [2.45, 2.75) is 32.0 Å². The molecule has 1 fully saturated rings. The van der Waals surface area contributed by atoms with Crippen LogP contribution in [0.5, 0.6) is 0 Å². The normalized spacial score (nSPS) is 16.1. The molecule has 0 aromatic carbocycles. The van der Waals surface area contributed by atoms with Crippen molar-refractivity contribution >= 4 is 0 Å². The average molecular weight is 195 g/mol. The lowest BCUT2D eigenvalue weighted by Gasteiger charge is -1.99. The number of nitrogens with one attached hydrogen (secondary N) is 1. The monoisotopic (exact) mass is 195 g/mol. The molecule has 1 heterocycles. The van der Waals surface area contributed by atoms with Gasteiger partial charge in [-0.1, -0.05) is 0 Å². The summed E-state index contributed by atoms with van der Waals surface area (Å²) in [5.74, 6) is 0. The van der Waals surface area contributed by atoms with E-state index in [0.717, 1.165) is 31.4 Å². The standard InChI is InChI=1S/C10H17N3O/c1-14-5-4-13-7-10(12-8-13)6-11-9-2-3-9/h7-9,11H,2-6H2,1H3. The Kier molecular flexibility index (Phi) is 3.16. The van der Waals surface area contributed by atoms with E-state index in [4.69, 9.17) is 4.74 Å². The number of methoxy groups -OCH3 is 1. The Balaban J connectivity index is 1.76. The van der Waals surface area contributed by atoms with Crippen LogP contribution in [-0.4, -0.2) is 29.3 Å². The van der Waals surface area contributed by atoms with Crippen LogP contribution < -0.4 is 5.32 Å². The molecule has 1 aromatic rings. The Morgan fingerprint density at radius 1 is 1.64 bits per heavy atom. The number of nitrogens with zero attached hydrogens (tertiary/aromatic N) is 2. The lowest BCUT2D eigenvalue weighted by Crippen LogP contribution is -2.15. The first kappa shape index (κ1) is 9.68. The van der Waals surface area contributed by atoms with Crippen LogP contribution in [0.2, 0.25) is 0 Å². The third-order valence-electron chi connectivity index (χ3n) is 2.39. The highest BCUT2D eigenvalue weighted by Gasteiger charge is 2.20. The Morgan fingerprint density at radius 2 is 2.50 bits per heavy atom. The lowest BCUT2D eigenvalue weighted by atomic mass is 10.4. The van der Waals surface area contributed by atoms with Gasteiger partial charge in [-0.25, -0.2) is 4.98 Å². The minimum atomic E-state index is 0.742. The van der Waals surface area contributed by atoms with Crippen molar-refractivity contribution < 1.29 is 4.74 Å². The van der Waals surface area contributed by atoms with Gasteiger partial charge in [0.1, 0.15) is 0 Å². The molecule has 1 saturated carbocycles. The van der Waals surface area contributed by atoms with Crippen LogP contribution in [-0.2, 0) is 17.8 Å². The molecule has 0 amide bonds. The van der Waals surface area contributed by atoms with Gasteiger partial charge in [0.2, 0.25) is 0 Å². The van der Waals surface area contributed by atoms with Gasteiger partial charge in [0.25, 0.3) is 0 Å². The number of hydrogen-bond donors (Lipinski definition) is 1. The van der Waals surface area contributed by atoms with E-state index in [1.165, 1.54) is 12.8 Å². The average Bonchev–Trinajstić information content (AvgIpc) is 2.92. The number of hydrogen-bond acceptors (Lipinski definition) is 3. The molecule has 0 unspecified atom stereocenters. The van der Waals surface area contributed by atoms with Crippen LogP contribution in [0.25, 0.3) is 0 Å². The van der Waals surface area contributed by atoms with Gasteiger partial charge in [0, 0.05) is 32.4 Å². The van der Waals surface area contributed by atoms with Gasteiger partial charge < -0.3 is 14.6 Å². The zero-order valence-electron chi connectivity index (χ0n) is 8.57. The zero-order valence-corrected chi connectivity index (χ0v) is 8.57. The van der Waals surface area contributed by atoms with E-state index in [2.05, 4.69) is 21.1 Å². The van der Waals surface area contributed by atoms with E-state index in [1.807, 2.05) is 6.33 Å². The molecule has 4 heteroatoms. The Labute approximate surface area is 84.3 Å². The van der Waals surface area contributed by atoms with Crippen LogP contribution in [0.3, 0.4) is 0 Å². The van der Waals surface area contributed by atoms with Crippen molar-refractivity contribution in [3.63, 3.8) is 0 Å². The molecule has 1 aromatic heterocycles. The second-order valence-corrected chi connectivity index (χ2v) is 3.75. The zero-order chi connectivity index (χ0) is 9.80. The molecule has 14 heavy (non-hydrogen) atoms. The summed E-state index contributed by atoms with van der Waals surface area (Å²) in [6.45, 7) is 2.52. The molecule has 0 bridgehead atoms. The molecule has 0 aliphatic heterocycles. The third-order valence-corrected chi connectivity index (χ3v) is 2.39. The smallest absolute Gasteiger partial charge is 0.0950 e. The Bertz CT molecular complexity index is 281. The molecule has 78 valence electrons. The van der Waals surface area contributed by atoms with Gasteiger partial charge in [-0.05, 0) is 12.8 Å². The van der Waals surface area contributed by atoms with Crippen molar-refractivity contribution in [2.75, 3.05) is 13.7 Å². The van der Waals surface area contributed by atoms with Gasteiger partial charge in [0.15, 0.2) is 0 Å². The fourth-order valence-corrected chi connectivity index (χ4v) is 1.35. The lowest BCUT2D eigenvalue weighted by molar-refractivity contribution is 0.187. The summed E-state index contributed by atoms with van der Waals surface area (Å²) in [5.41, 5.74) is 1.12. The summed E-state index contributed by atoms with van der Waals surface area (Å²) in [7, 11) is 1.71. The predicted octanol–water partition coefficient (Wildman–Crippen LogP) is 0.781. The molecule has 0 radical (unpaired) electrons. The fraction of sp³-hybridized carbons (Fsp3) is 0.700. The Hall–Kier alpha value is -0.870. The molecule has 2 rings (SSSR count). The second kappa shape index (κ2) is 4.57. The van der Waals surface area contributed by atoms with Gasteiger partial charge >= 0.3 is 0 Å². The predicted molar refractivity (Wildman–Crippen MR) is 54.0 cm³/mol. The minimum absolute atomic E-state index is 0.742. The SMILES string of the molecule is COCCn1cnc(CNC2CC2)c1. The fourth-order valence-electron chi connectivity index (χ4n) is 1.35. The van der Waals surface area contributed by atoms with E-state index in [9.17, 15) is 0 Å². The largest absolute Gasteiger partial charge is 0.383 e. The van der Waals surface area contributed by atoms with Gasteiger partial charge in [-0.2, -0.15) is 0 Å². The second-order valence-electron chi connectivity index (χ2n) is 3.75. The molecule has 1 N–H and O–H groups in total. The number of imidazole rings is 1. The first-order chi connectivity index (χ1) is 6.88. The number of rotatable bonds is 6. The maximum Gasteiger partial charge on any atom is 0.0950 e. The number of aromatic nitrogens is 2. The minimum Gasteiger partial charge on any atom is -0.383 e. The maximum absolute atomic E-state index is 5.00. The first-order valence-corrected chi connectivity index (χ1v) is 5.11. The van der Waals surface area contributed by atoms with E-state index < -0.39 is 0 Å². The van der Waals surface area contributed by atoms with Crippen molar-refractivity contribution in [3.8, 4) is 0 Å². The summed E-state index contributed by atoms with van der Waals surface area (Å²) in [6, 6.07) is 0.749. The maximum atomic E-state index is 5.00. The van der Waals surface area contributed by atoms with E-state index in [0.29, 0.717) is 0 Å². The highest BCUT2D eigenvalue weighted by atomic mass is 16.5. The molecule has 1 aliphatic rings.